The summed E-state index contributed by atoms with van der Waals surface area (Å²) >= 11 is 6.28. The van der Waals surface area contributed by atoms with Crippen LogP contribution in [0.3, 0.4) is 0 Å². The zero-order chi connectivity index (χ0) is 33.4. The molecule has 5 heterocycles. The van der Waals surface area contributed by atoms with Gasteiger partial charge < -0.3 is 24.0 Å². The van der Waals surface area contributed by atoms with E-state index in [2.05, 4.69) is 15.2 Å². The van der Waals surface area contributed by atoms with Crippen LogP contribution in [-0.2, 0) is 33.6 Å². The first-order chi connectivity index (χ1) is 23.1. The van der Waals surface area contributed by atoms with Gasteiger partial charge in [0.2, 0.25) is 5.91 Å². The zero-order valence-corrected chi connectivity index (χ0v) is 26.9. The van der Waals surface area contributed by atoms with Gasteiger partial charge in [-0.2, -0.15) is 13.2 Å². The normalized spacial score (nSPS) is 24.2. The quantitative estimate of drug-likeness (QED) is 0.385. The van der Waals surface area contributed by atoms with Crippen LogP contribution in [0.25, 0.3) is 0 Å². The summed E-state index contributed by atoms with van der Waals surface area (Å²) in [6.07, 6.45) is -1.51. The Morgan fingerprint density at radius 2 is 1.81 bits per heavy atom. The number of carbonyl (C=O) groups is 2. The van der Waals surface area contributed by atoms with Crippen LogP contribution in [0.1, 0.15) is 46.4 Å². The van der Waals surface area contributed by atoms with Crippen molar-refractivity contribution < 1.29 is 37.0 Å². The molecular formula is C33H36ClF3N6O5. The summed E-state index contributed by atoms with van der Waals surface area (Å²) in [7, 11) is 0. The number of carbonyl (C=O) groups excluding carboxylic acids is 2. The first-order valence-electron chi connectivity index (χ1n) is 16.2. The number of piperazine rings is 1. The summed E-state index contributed by atoms with van der Waals surface area (Å²) in [6.45, 7) is 3.58. The fourth-order valence-corrected chi connectivity index (χ4v) is 7.28. The lowest BCUT2D eigenvalue weighted by atomic mass is 10.0. The number of benzene rings is 2. The van der Waals surface area contributed by atoms with Gasteiger partial charge in [-0.05, 0) is 42.7 Å². The Balaban J connectivity index is 1.12. The molecule has 4 aliphatic rings. The lowest BCUT2D eigenvalue weighted by Gasteiger charge is -2.46. The molecule has 1 aromatic heterocycles. The first-order valence-corrected chi connectivity index (χ1v) is 16.5. The predicted molar refractivity (Wildman–Crippen MR) is 166 cm³/mol. The number of ether oxygens (including phenoxy) is 3. The van der Waals surface area contributed by atoms with E-state index < -0.39 is 29.8 Å². The number of fused-ring (bicyclic) bond motifs is 3. The molecule has 15 heteroatoms. The van der Waals surface area contributed by atoms with Crippen molar-refractivity contribution in [1.82, 2.24) is 29.7 Å². The average molecular weight is 689 g/mol. The van der Waals surface area contributed by atoms with Gasteiger partial charge in [-0.15, -0.1) is 5.10 Å². The second-order valence-electron chi connectivity index (χ2n) is 12.7. The van der Waals surface area contributed by atoms with Crippen molar-refractivity contribution in [3.05, 3.63) is 76.1 Å². The maximum atomic E-state index is 14.2. The molecule has 256 valence electrons. The highest BCUT2D eigenvalue weighted by molar-refractivity contribution is 6.31. The van der Waals surface area contributed by atoms with Gasteiger partial charge in [0.05, 0.1) is 42.6 Å². The molecular weight excluding hydrogens is 653 g/mol. The fourth-order valence-electron chi connectivity index (χ4n) is 7.09. The molecule has 0 spiro atoms. The number of hydrogen-bond donors (Lipinski definition) is 0. The molecule has 3 fully saturated rings. The zero-order valence-electron chi connectivity index (χ0n) is 26.1. The standard InChI is InChI=1S/C33H36ClF3N6O5/c34-28-4-2-1-3-21(28)15-41-16-23(38-39-41)19-47-26-14-29-32(45)42-10-9-40(24-7-11-46-12-8-24)17-25(42)20-48-30-6-5-22(33(35,36)37)13-27(30)31(44)43(29)18-26/h1-6,13,16,24-26,29H,7-12,14-15,17-20H2/t25-,26+,29-/m0/s1. The van der Waals surface area contributed by atoms with Crippen molar-refractivity contribution in [2.24, 2.45) is 0 Å². The molecule has 4 aliphatic heterocycles. The lowest BCUT2D eigenvalue weighted by molar-refractivity contribution is -0.143. The molecule has 0 N–H and O–H groups in total. The van der Waals surface area contributed by atoms with Crippen LogP contribution < -0.4 is 4.74 Å². The van der Waals surface area contributed by atoms with Crippen LogP contribution in [0.2, 0.25) is 5.02 Å². The minimum absolute atomic E-state index is 0.0192. The molecule has 2 amide bonds. The Morgan fingerprint density at radius 3 is 2.60 bits per heavy atom. The van der Waals surface area contributed by atoms with E-state index in [-0.39, 0.29) is 49.4 Å². The summed E-state index contributed by atoms with van der Waals surface area (Å²) in [5.74, 6) is -0.898. The van der Waals surface area contributed by atoms with Crippen LogP contribution in [-0.4, -0.2) is 112 Å². The highest BCUT2D eigenvalue weighted by atomic mass is 35.5. The van der Waals surface area contributed by atoms with E-state index in [1.165, 1.54) is 11.0 Å². The Hall–Kier alpha value is -3.72. The molecule has 0 saturated carbocycles. The van der Waals surface area contributed by atoms with Gasteiger partial charge in [0.15, 0.2) is 0 Å². The third-order valence-electron chi connectivity index (χ3n) is 9.62. The molecule has 3 saturated heterocycles. The van der Waals surface area contributed by atoms with Gasteiger partial charge in [-0.25, -0.2) is 4.68 Å². The number of rotatable bonds is 6. The maximum Gasteiger partial charge on any atom is 0.416 e. The highest BCUT2D eigenvalue weighted by Gasteiger charge is 2.46. The molecule has 3 aromatic rings. The van der Waals surface area contributed by atoms with Gasteiger partial charge in [-0.1, -0.05) is 35.0 Å². The van der Waals surface area contributed by atoms with Crippen LogP contribution in [0.15, 0.2) is 48.7 Å². The minimum Gasteiger partial charge on any atom is -0.491 e. The third kappa shape index (κ3) is 6.89. The van der Waals surface area contributed by atoms with Crippen molar-refractivity contribution in [2.45, 2.75) is 62.8 Å². The van der Waals surface area contributed by atoms with Crippen LogP contribution >= 0.6 is 11.6 Å². The van der Waals surface area contributed by atoms with Crippen molar-refractivity contribution >= 4 is 23.4 Å². The SMILES string of the molecule is O=C1[C@@H]2C[C@@H](OCc3cn(Cc4ccccc4Cl)nn3)CN2C(=O)c2cc(C(F)(F)F)ccc2OC[C@@H]2CN(C3CCOCC3)CCN12. The van der Waals surface area contributed by atoms with E-state index >= 15 is 0 Å². The lowest BCUT2D eigenvalue weighted by Crippen LogP contribution is -2.62. The van der Waals surface area contributed by atoms with Crippen LogP contribution in [0, 0.1) is 0 Å². The van der Waals surface area contributed by atoms with Gasteiger partial charge in [0, 0.05) is 56.9 Å². The number of hydrogen-bond acceptors (Lipinski definition) is 8. The molecule has 0 unspecified atom stereocenters. The fraction of sp³-hybridized carbons (Fsp3) is 0.515. The van der Waals surface area contributed by atoms with Gasteiger partial charge >= 0.3 is 6.18 Å². The molecule has 48 heavy (non-hydrogen) atoms. The Morgan fingerprint density at radius 1 is 1.00 bits per heavy atom. The van der Waals surface area contributed by atoms with Crippen molar-refractivity contribution in [2.75, 3.05) is 46.0 Å². The predicted octanol–water partition coefficient (Wildman–Crippen LogP) is 3.88. The largest absolute Gasteiger partial charge is 0.491 e. The summed E-state index contributed by atoms with van der Waals surface area (Å²) in [5.41, 5.74) is 0.238. The van der Waals surface area contributed by atoms with Gasteiger partial charge in [-0.3, -0.25) is 14.5 Å². The summed E-state index contributed by atoms with van der Waals surface area (Å²) in [4.78, 5) is 33.7. The molecule has 0 radical (unpaired) electrons. The maximum absolute atomic E-state index is 14.2. The number of aromatic nitrogens is 3. The Bertz CT molecular complexity index is 1650. The van der Waals surface area contributed by atoms with Crippen LogP contribution in [0.4, 0.5) is 13.2 Å². The second kappa shape index (κ2) is 13.7. The van der Waals surface area contributed by atoms with Crippen LogP contribution in [0.5, 0.6) is 5.75 Å². The average Bonchev–Trinajstić information content (AvgIpc) is 3.73. The summed E-state index contributed by atoms with van der Waals surface area (Å²) in [6, 6.07) is 9.42. The molecule has 11 nitrogen and oxygen atoms in total. The van der Waals surface area contributed by atoms with E-state index in [1.54, 1.807) is 21.8 Å². The number of nitrogens with zero attached hydrogens (tertiary/aromatic N) is 6. The highest BCUT2D eigenvalue weighted by Crippen LogP contribution is 2.36. The van der Waals surface area contributed by atoms with Gasteiger partial charge in [0.25, 0.3) is 5.91 Å². The van der Waals surface area contributed by atoms with Crippen molar-refractivity contribution in [3.63, 3.8) is 0 Å². The third-order valence-corrected chi connectivity index (χ3v) is 9.99. The number of halogens is 4. The number of amides is 2. The minimum atomic E-state index is -4.66. The van der Waals surface area contributed by atoms with Crippen molar-refractivity contribution in [3.8, 4) is 5.75 Å². The van der Waals surface area contributed by atoms with E-state index in [4.69, 9.17) is 25.8 Å². The van der Waals surface area contributed by atoms with E-state index in [1.807, 2.05) is 18.2 Å². The van der Waals surface area contributed by atoms with E-state index in [0.29, 0.717) is 56.2 Å². The monoisotopic (exact) mass is 688 g/mol. The van der Waals surface area contributed by atoms with E-state index in [9.17, 15) is 22.8 Å². The topological polar surface area (TPSA) is 102 Å². The summed E-state index contributed by atoms with van der Waals surface area (Å²) < 4.78 is 60.7. The van der Waals surface area contributed by atoms with E-state index in [0.717, 1.165) is 30.5 Å². The van der Waals surface area contributed by atoms with Gasteiger partial charge in [0.1, 0.15) is 24.1 Å². The first kappa shape index (κ1) is 32.8. The molecule has 7 rings (SSSR count). The molecule has 0 bridgehead atoms. The summed E-state index contributed by atoms with van der Waals surface area (Å²) in [5, 5.41) is 8.97. The second-order valence-corrected chi connectivity index (χ2v) is 13.1. The molecule has 0 aliphatic carbocycles. The van der Waals surface area contributed by atoms with Crippen molar-refractivity contribution in [1.29, 1.82) is 0 Å². The Kier molecular flexibility index (Phi) is 9.33. The Labute approximate surface area is 280 Å². The molecule has 3 atom stereocenters. The molecule has 2 aromatic carbocycles. The smallest absolute Gasteiger partial charge is 0.416 e. The number of alkyl halides is 3.